The van der Waals surface area contributed by atoms with Crippen LogP contribution < -0.4 is 16.4 Å². The minimum atomic E-state index is -0.413. The monoisotopic (exact) mass is 303 g/mol. The van der Waals surface area contributed by atoms with E-state index in [-0.39, 0.29) is 34.5 Å². The van der Waals surface area contributed by atoms with Crippen molar-refractivity contribution < 1.29 is 9.59 Å². The van der Waals surface area contributed by atoms with Gasteiger partial charge in [-0.05, 0) is 19.1 Å². The zero-order chi connectivity index (χ0) is 14.4. The van der Waals surface area contributed by atoms with Crippen molar-refractivity contribution in [2.24, 2.45) is 0 Å². The maximum atomic E-state index is 11.9. The van der Waals surface area contributed by atoms with Crippen LogP contribution in [0.15, 0.2) is 12.1 Å². The van der Waals surface area contributed by atoms with E-state index >= 15 is 0 Å². The van der Waals surface area contributed by atoms with Crippen molar-refractivity contribution in [3.8, 4) is 0 Å². The average Bonchev–Trinajstić information content (AvgIpc) is 2.33. The minimum Gasteiger partial charge on any atom is -0.399 e. The molecule has 1 aromatic rings. The number of anilines is 1. The average molecular weight is 304 g/mol. The molecule has 0 spiro atoms. The number of nitrogens with one attached hydrogen (secondary N) is 2. The molecule has 19 heavy (non-hydrogen) atoms. The number of benzene rings is 1. The van der Waals surface area contributed by atoms with Gasteiger partial charge in [-0.2, -0.15) is 0 Å². The smallest absolute Gasteiger partial charge is 0.252 e. The lowest BCUT2D eigenvalue weighted by atomic mass is 10.2. The molecule has 0 saturated heterocycles. The van der Waals surface area contributed by atoms with Gasteiger partial charge in [0.2, 0.25) is 5.91 Å². The highest BCUT2D eigenvalue weighted by molar-refractivity contribution is 6.44. The molecule has 0 aromatic heterocycles. The van der Waals surface area contributed by atoms with Crippen LogP contribution in [0.25, 0.3) is 0 Å². The predicted octanol–water partition coefficient (Wildman–Crippen LogP) is 1.83. The van der Waals surface area contributed by atoms with Gasteiger partial charge in [-0.15, -0.1) is 0 Å². The number of rotatable bonds is 5. The molecule has 1 rings (SSSR count). The number of hydrogen-bond acceptors (Lipinski definition) is 3. The SMILES string of the molecule is CCNC(=O)CCNC(=O)c1cc(N)cc(Cl)c1Cl. The van der Waals surface area contributed by atoms with Crippen molar-refractivity contribution in [2.45, 2.75) is 13.3 Å². The highest BCUT2D eigenvalue weighted by atomic mass is 35.5. The standard InChI is InChI=1S/C12H15Cl2N3O2/c1-2-16-10(18)3-4-17-12(19)8-5-7(15)6-9(13)11(8)14/h5-6H,2-4,15H2,1H3,(H,16,18)(H,17,19). The molecule has 0 radical (unpaired) electrons. The van der Waals surface area contributed by atoms with E-state index in [9.17, 15) is 9.59 Å². The van der Waals surface area contributed by atoms with Crippen molar-refractivity contribution in [2.75, 3.05) is 18.8 Å². The maximum Gasteiger partial charge on any atom is 0.252 e. The van der Waals surface area contributed by atoms with E-state index < -0.39 is 5.91 Å². The molecule has 5 nitrogen and oxygen atoms in total. The molecule has 0 heterocycles. The Balaban J connectivity index is 2.62. The molecular weight excluding hydrogens is 289 g/mol. The first kappa shape index (κ1) is 15.6. The molecule has 0 bridgehead atoms. The molecule has 0 aliphatic rings. The summed E-state index contributed by atoms with van der Waals surface area (Å²) >= 11 is 11.8. The third-order valence-electron chi connectivity index (χ3n) is 2.31. The number of nitrogen functional groups attached to an aromatic ring is 1. The summed E-state index contributed by atoms with van der Waals surface area (Å²) < 4.78 is 0. The first-order valence-electron chi connectivity index (χ1n) is 5.75. The largest absolute Gasteiger partial charge is 0.399 e. The second-order valence-corrected chi connectivity index (χ2v) is 4.61. The van der Waals surface area contributed by atoms with Crippen LogP contribution in [0.5, 0.6) is 0 Å². The molecule has 4 N–H and O–H groups in total. The maximum absolute atomic E-state index is 11.9. The van der Waals surface area contributed by atoms with Crippen LogP contribution in [-0.2, 0) is 4.79 Å². The van der Waals surface area contributed by atoms with Gasteiger partial charge in [-0.3, -0.25) is 9.59 Å². The van der Waals surface area contributed by atoms with Crippen LogP contribution in [0, 0.1) is 0 Å². The molecule has 104 valence electrons. The second kappa shape index (κ2) is 7.21. The van der Waals surface area contributed by atoms with Crippen molar-refractivity contribution >= 4 is 40.7 Å². The Morgan fingerprint density at radius 2 is 1.95 bits per heavy atom. The van der Waals surface area contributed by atoms with Gasteiger partial charge in [0.1, 0.15) is 0 Å². The third kappa shape index (κ3) is 4.61. The summed E-state index contributed by atoms with van der Waals surface area (Å²) in [4.78, 5) is 23.1. The highest BCUT2D eigenvalue weighted by Gasteiger charge is 2.14. The minimum absolute atomic E-state index is 0.125. The highest BCUT2D eigenvalue weighted by Crippen LogP contribution is 2.28. The second-order valence-electron chi connectivity index (χ2n) is 3.82. The lowest BCUT2D eigenvalue weighted by Crippen LogP contribution is -2.30. The van der Waals surface area contributed by atoms with Gasteiger partial charge in [0.15, 0.2) is 0 Å². The summed E-state index contributed by atoms with van der Waals surface area (Å²) in [5.41, 5.74) is 6.14. The zero-order valence-electron chi connectivity index (χ0n) is 10.4. The van der Waals surface area contributed by atoms with Crippen LogP contribution in [-0.4, -0.2) is 24.9 Å². The van der Waals surface area contributed by atoms with Gasteiger partial charge >= 0.3 is 0 Å². The molecular formula is C12H15Cl2N3O2. The molecule has 7 heteroatoms. The van der Waals surface area contributed by atoms with Crippen molar-refractivity contribution in [3.05, 3.63) is 27.7 Å². The Morgan fingerprint density at radius 1 is 1.26 bits per heavy atom. The molecule has 0 aliphatic heterocycles. The molecule has 0 aliphatic carbocycles. The summed E-state index contributed by atoms with van der Waals surface area (Å²) in [6, 6.07) is 2.91. The molecule has 0 unspecified atom stereocenters. The lowest BCUT2D eigenvalue weighted by molar-refractivity contribution is -0.120. The van der Waals surface area contributed by atoms with Crippen LogP contribution in [0.1, 0.15) is 23.7 Å². The summed E-state index contributed by atoms with van der Waals surface area (Å²) in [5, 5.41) is 5.58. The summed E-state index contributed by atoms with van der Waals surface area (Å²) in [6.07, 6.45) is 0.202. The van der Waals surface area contributed by atoms with E-state index in [1.807, 2.05) is 6.92 Å². The molecule has 0 fully saturated rings. The van der Waals surface area contributed by atoms with Gasteiger partial charge in [0.05, 0.1) is 15.6 Å². The van der Waals surface area contributed by atoms with E-state index in [1.54, 1.807) is 0 Å². The molecule has 1 aromatic carbocycles. The topological polar surface area (TPSA) is 84.2 Å². The molecule has 0 saturated carbocycles. The summed E-state index contributed by atoms with van der Waals surface area (Å²) in [7, 11) is 0. The van der Waals surface area contributed by atoms with Gasteiger partial charge in [0, 0.05) is 25.2 Å². The number of carbonyl (C=O) groups is 2. The molecule has 0 atom stereocenters. The lowest BCUT2D eigenvalue weighted by Gasteiger charge is -2.08. The van der Waals surface area contributed by atoms with Crippen molar-refractivity contribution in [3.63, 3.8) is 0 Å². The fourth-order valence-electron chi connectivity index (χ4n) is 1.45. The van der Waals surface area contributed by atoms with Crippen molar-refractivity contribution in [1.82, 2.24) is 10.6 Å². The van der Waals surface area contributed by atoms with Crippen LogP contribution in [0.2, 0.25) is 10.0 Å². The molecule has 2 amide bonds. The van der Waals surface area contributed by atoms with Crippen LogP contribution >= 0.6 is 23.2 Å². The number of halogens is 2. The van der Waals surface area contributed by atoms with E-state index in [2.05, 4.69) is 10.6 Å². The van der Waals surface area contributed by atoms with E-state index in [4.69, 9.17) is 28.9 Å². The quantitative estimate of drug-likeness (QED) is 0.726. The van der Waals surface area contributed by atoms with Crippen molar-refractivity contribution in [1.29, 1.82) is 0 Å². The number of amides is 2. The Hall–Kier alpha value is -1.46. The number of nitrogens with two attached hydrogens (primary N) is 1. The predicted molar refractivity (Wildman–Crippen MR) is 76.5 cm³/mol. The van der Waals surface area contributed by atoms with Gasteiger partial charge in [0.25, 0.3) is 5.91 Å². The number of carbonyl (C=O) groups excluding carboxylic acids is 2. The summed E-state index contributed by atoms with van der Waals surface area (Å²) in [5.74, 6) is -0.539. The summed E-state index contributed by atoms with van der Waals surface area (Å²) in [6.45, 7) is 2.60. The van der Waals surface area contributed by atoms with Crippen LogP contribution in [0.4, 0.5) is 5.69 Å². The number of hydrogen-bond donors (Lipinski definition) is 3. The third-order valence-corrected chi connectivity index (χ3v) is 3.11. The Bertz CT molecular complexity index is 492. The Labute approximate surface area is 121 Å². The van der Waals surface area contributed by atoms with Gasteiger partial charge in [-0.25, -0.2) is 0 Å². The normalized spacial score (nSPS) is 10.1. The first-order valence-corrected chi connectivity index (χ1v) is 6.50. The zero-order valence-corrected chi connectivity index (χ0v) is 11.9. The van der Waals surface area contributed by atoms with Gasteiger partial charge < -0.3 is 16.4 Å². The fraction of sp³-hybridized carbons (Fsp3) is 0.333. The van der Waals surface area contributed by atoms with E-state index in [1.165, 1.54) is 12.1 Å². The Morgan fingerprint density at radius 3 is 2.58 bits per heavy atom. The first-order chi connectivity index (χ1) is 8.95. The Kier molecular flexibility index (Phi) is 5.92. The fourth-order valence-corrected chi connectivity index (χ4v) is 1.87. The van der Waals surface area contributed by atoms with E-state index in [0.29, 0.717) is 12.2 Å². The van der Waals surface area contributed by atoms with Gasteiger partial charge in [-0.1, -0.05) is 23.2 Å². The van der Waals surface area contributed by atoms with E-state index in [0.717, 1.165) is 0 Å². The van der Waals surface area contributed by atoms with Crippen LogP contribution in [0.3, 0.4) is 0 Å².